The number of nitrogens with one attached hydrogen (secondary N) is 1. The number of carboxylic acids is 1. The molecule has 2 aliphatic carbocycles. The average molecular weight is 470 g/mol. The van der Waals surface area contributed by atoms with E-state index in [0.29, 0.717) is 30.4 Å². The zero-order valence-corrected chi connectivity index (χ0v) is 18.6. The van der Waals surface area contributed by atoms with Crippen molar-refractivity contribution in [2.75, 3.05) is 20.1 Å². The van der Waals surface area contributed by atoms with Gasteiger partial charge in [0.25, 0.3) is 0 Å². The Morgan fingerprint density at radius 3 is 2.88 bits per heavy atom. The van der Waals surface area contributed by atoms with E-state index in [9.17, 15) is 24.6 Å². The van der Waals surface area contributed by atoms with Gasteiger partial charge < -0.3 is 35.0 Å². The predicted octanol–water partition coefficient (Wildman–Crippen LogP) is 0.360. The van der Waals surface area contributed by atoms with Crippen molar-refractivity contribution in [2.45, 2.75) is 48.8 Å². The number of esters is 1. The molecule has 2 aliphatic heterocycles. The summed E-state index contributed by atoms with van der Waals surface area (Å²) in [4.78, 5) is 36.8. The summed E-state index contributed by atoms with van der Waals surface area (Å²) in [6.07, 6.45) is 3.84. The monoisotopic (exact) mass is 470 g/mol. The largest absolute Gasteiger partial charge is 0.504 e. The SMILES string of the molecule is CN1CC[C@]23c4c5ccc(O)c4O[C@H]2C(OC(=O)CCNC(=O)/C=C/C(=O)O)=CC[C@@]3(O)[C@@H]1C5. The first-order chi connectivity index (χ1) is 16.2. The summed E-state index contributed by atoms with van der Waals surface area (Å²) in [6, 6.07) is 3.33. The van der Waals surface area contributed by atoms with Gasteiger partial charge in [-0.25, -0.2) is 4.79 Å². The first kappa shape index (κ1) is 22.4. The first-order valence-corrected chi connectivity index (χ1v) is 11.2. The number of rotatable bonds is 6. The van der Waals surface area contributed by atoms with Crippen LogP contribution in [0.15, 0.2) is 36.1 Å². The first-order valence-electron chi connectivity index (χ1n) is 11.2. The summed E-state index contributed by atoms with van der Waals surface area (Å²) in [5, 5.41) is 33.5. The van der Waals surface area contributed by atoms with Crippen molar-refractivity contribution in [3.63, 3.8) is 0 Å². The lowest BCUT2D eigenvalue weighted by molar-refractivity contribution is -0.169. The van der Waals surface area contributed by atoms with E-state index >= 15 is 0 Å². The Morgan fingerprint density at radius 2 is 2.12 bits per heavy atom. The van der Waals surface area contributed by atoms with Crippen LogP contribution in [0.3, 0.4) is 0 Å². The van der Waals surface area contributed by atoms with E-state index in [1.807, 2.05) is 13.1 Å². The van der Waals surface area contributed by atoms with Gasteiger partial charge in [-0.1, -0.05) is 6.07 Å². The molecule has 10 nitrogen and oxygen atoms in total. The Kier molecular flexibility index (Phi) is 5.18. The van der Waals surface area contributed by atoms with E-state index in [1.165, 1.54) is 0 Å². The fourth-order valence-electron chi connectivity index (χ4n) is 6.11. The lowest BCUT2D eigenvalue weighted by Gasteiger charge is -2.61. The van der Waals surface area contributed by atoms with E-state index in [-0.39, 0.29) is 31.2 Å². The van der Waals surface area contributed by atoms with Crippen molar-refractivity contribution in [2.24, 2.45) is 0 Å². The van der Waals surface area contributed by atoms with E-state index in [0.717, 1.165) is 23.7 Å². The Morgan fingerprint density at radius 1 is 1.32 bits per heavy atom. The number of hydrogen-bond donors (Lipinski definition) is 4. The Labute approximate surface area is 195 Å². The number of amides is 1. The quantitative estimate of drug-likeness (QED) is 0.342. The molecule has 0 aromatic heterocycles. The van der Waals surface area contributed by atoms with Crippen LogP contribution < -0.4 is 10.1 Å². The fraction of sp³-hybridized carbons (Fsp3) is 0.458. The Balaban J connectivity index is 1.38. The fourth-order valence-corrected chi connectivity index (χ4v) is 6.11. The van der Waals surface area contributed by atoms with Crippen LogP contribution in [0, 0.1) is 0 Å². The molecule has 0 saturated carbocycles. The van der Waals surface area contributed by atoms with Crippen LogP contribution in [-0.2, 0) is 31.0 Å². The number of piperidine rings is 1. The molecule has 1 aromatic rings. The third-order valence-electron chi connectivity index (χ3n) is 7.59. The van der Waals surface area contributed by atoms with Gasteiger partial charge in [0.2, 0.25) is 5.91 Å². The van der Waals surface area contributed by atoms with Crippen molar-refractivity contribution in [1.29, 1.82) is 0 Å². The molecule has 1 fully saturated rings. The van der Waals surface area contributed by atoms with Gasteiger partial charge in [-0.2, -0.15) is 0 Å². The maximum atomic E-state index is 12.6. The van der Waals surface area contributed by atoms with Gasteiger partial charge in [0.1, 0.15) is 5.76 Å². The van der Waals surface area contributed by atoms with E-state index in [4.69, 9.17) is 14.6 Å². The highest BCUT2D eigenvalue weighted by atomic mass is 16.6. The lowest BCUT2D eigenvalue weighted by atomic mass is 9.50. The van der Waals surface area contributed by atoms with Crippen molar-refractivity contribution >= 4 is 17.8 Å². The van der Waals surface area contributed by atoms with Crippen LogP contribution in [0.1, 0.15) is 30.4 Å². The van der Waals surface area contributed by atoms with E-state index in [1.54, 1.807) is 12.1 Å². The minimum atomic E-state index is -1.25. The van der Waals surface area contributed by atoms with E-state index < -0.39 is 35.0 Å². The summed E-state index contributed by atoms with van der Waals surface area (Å²) in [5.41, 5.74) is -0.159. The molecule has 10 heteroatoms. The molecule has 1 spiro atoms. The van der Waals surface area contributed by atoms with Gasteiger partial charge in [0.15, 0.2) is 17.6 Å². The molecule has 180 valence electrons. The van der Waals surface area contributed by atoms with Crippen LogP contribution in [0.25, 0.3) is 0 Å². The number of likely N-dealkylation sites (tertiary alicyclic amines) is 1. The molecule has 1 aromatic carbocycles. The van der Waals surface area contributed by atoms with Gasteiger partial charge in [0, 0.05) is 36.7 Å². The van der Waals surface area contributed by atoms with Gasteiger partial charge in [-0.05, 0) is 44.1 Å². The molecule has 1 saturated heterocycles. The highest BCUT2D eigenvalue weighted by Crippen LogP contribution is 2.65. The topological polar surface area (TPSA) is 146 Å². The molecule has 4 N–H and O–H groups in total. The number of ether oxygens (including phenoxy) is 2. The maximum absolute atomic E-state index is 12.6. The summed E-state index contributed by atoms with van der Waals surface area (Å²) in [5.74, 6) is -1.86. The van der Waals surface area contributed by atoms with Crippen LogP contribution in [0.5, 0.6) is 11.5 Å². The highest BCUT2D eigenvalue weighted by molar-refractivity contribution is 5.94. The van der Waals surface area contributed by atoms with Crippen molar-refractivity contribution in [3.05, 3.63) is 47.2 Å². The number of aromatic hydroxyl groups is 1. The van der Waals surface area contributed by atoms with Crippen LogP contribution in [0.2, 0.25) is 0 Å². The molecule has 2 heterocycles. The smallest absolute Gasteiger partial charge is 0.328 e. The Hall–Kier alpha value is -3.37. The number of aliphatic carboxylic acids is 1. The summed E-state index contributed by atoms with van der Waals surface area (Å²) in [7, 11) is 1.99. The molecule has 0 unspecified atom stereocenters. The second-order valence-electron chi connectivity index (χ2n) is 9.29. The Bertz CT molecular complexity index is 1140. The minimum absolute atomic E-state index is 0.00921. The third-order valence-corrected chi connectivity index (χ3v) is 7.59. The second kappa shape index (κ2) is 7.85. The second-order valence-corrected chi connectivity index (χ2v) is 9.29. The summed E-state index contributed by atoms with van der Waals surface area (Å²) < 4.78 is 11.9. The van der Waals surface area contributed by atoms with Crippen LogP contribution >= 0.6 is 0 Å². The number of carboxylic acid groups (broad SMARTS) is 1. The molecular weight excluding hydrogens is 444 g/mol. The van der Waals surface area contributed by atoms with Crippen molar-refractivity contribution in [1.82, 2.24) is 10.2 Å². The van der Waals surface area contributed by atoms with Crippen molar-refractivity contribution in [3.8, 4) is 11.5 Å². The van der Waals surface area contributed by atoms with Gasteiger partial charge in [0.05, 0.1) is 17.4 Å². The predicted molar refractivity (Wildman–Crippen MR) is 117 cm³/mol. The molecule has 5 rings (SSSR count). The molecule has 4 atom stereocenters. The number of aliphatic hydroxyl groups is 1. The third kappa shape index (κ3) is 3.13. The van der Waals surface area contributed by atoms with Gasteiger partial charge in [-0.3, -0.25) is 9.59 Å². The van der Waals surface area contributed by atoms with Crippen LogP contribution in [0.4, 0.5) is 0 Å². The van der Waals surface area contributed by atoms with Gasteiger partial charge in [-0.15, -0.1) is 0 Å². The maximum Gasteiger partial charge on any atom is 0.328 e. The normalized spacial score (nSPS) is 30.8. The number of phenols is 1. The van der Waals surface area contributed by atoms with Crippen LogP contribution in [-0.4, -0.2) is 75.9 Å². The zero-order chi connectivity index (χ0) is 24.3. The van der Waals surface area contributed by atoms with Crippen molar-refractivity contribution < 1.29 is 39.2 Å². The number of carbonyl (C=O) groups excluding carboxylic acids is 2. The molecule has 34 heavy (non-hydrogen) atoms. The molecule has 1 amide bonds. The minimum Gasteiger partial charge on any atom is -0.504 e. The number of nitrogens with zero attached hydrogens (tertiary/aromatic N) is 1. The summed E-state index contributed by atoms with van der Waals surface area (Å²) in [6.45, 7) is 0.687. The van der Waals surface area contributed by atoms with E-state index in [2.05, 4.69) is 10.2 Å². The highest BCUT2D eigenvalue weighted by Gasteiger charge is 2.72. The zero-order valence-electron chi connectivity index (χ0n) is 18.6. The van der Waals surface area contributed by atoms with Gasteiger partial charge >= 0.3 is 11.9 Å². The molecule has 2 bridgehead atoms. The number of carbonyl (C=O) groups is 3. The molecule has 4 aliphatic rings. The average Bonchev–Trinajstić information content (AvgIpc) is 3.14. The molecular formula is C24H26N2O8. The molecule has 0 radical (unpaired) electrons. The number of hydrogen-bond acceptors (Lipinski definition) is 8. The lowest BCUT2D eigenvalue weighted by Crippen LogP contribution is -2.74. The number of likely N-dealkylation sites (N-methyl/N-ethyl adjacent to an activating group) is 1. The number of benzene rings is 1. The standard InChI is InChI=1S/C24H26N2O8/c1-26-11-9-23-20-13-2-3-14(27)21(20)34-22(23)15(6-8-24(23,32)16(26)12-13)33-19(31)7-10-25-17(28)4-5-18(29)30/h2-6,16,22,27,32H,7-12H2,1H3,(H,25,28)(H,29,30)/b5-4+/t16-,22-,23-,24+/m0/s1. The summed E-state index contributed by atoms with van der Waals surface area (Å²) >= 11 is 0. The number of phenolic OH excluding ortho intramolecular Hbond substituents is 1.